The van der Waals surface area contributed by atoms with Gasteiger partial charge in [-0.15, -0.1) is 0 Å². The molecule has 0 saturated heterocycles. The molecular formula is C33H66. The van der Waals surface area contributed by atoms with Crippen LogP contribution in [0.2, 0.25) is 0 Å². The van der Waals surface area contributed by atoms with Crippen molar-refractivity contribution in [1.29, 1.82) is 0 Å². The summed E-state index contributed by atoms with van der Waals surface area (Å²) >= 11 is 0. The number of allylic oxidation sites excluding steroid dienone is 2. The van der Waals surface area contributed by atoms with E-state index in [9.17, 15) is 0 Å². The van der Waals surface area contributed by atoms with E-state index in [4.69, 9.17) is 0 Å². The van der Waals surface area contributed by atoms with Crippen molar-refractivity contribution in [3.05, 3.63) is 12.2 Å². The molecule has 0 atom stereocenters. The van der Waals surface area contributed by atoms with Gasteiger partial charge in [0, 0.05) is 0 Å². The highest BCUT2D eigenvalue weighted by Crippen LogP contribution is 2.16. The molecule has 0 aliphatic heterocycles. The monoisotopic (exact) mass is 463 g/mol. The molecule has 0 aromatic heterocycles. The molecule has 0 rings (SSSR count). The van der Waals surface area contributed by atoms with Crippen molar-refractivity contribution in [2.45, 2.75) is 194 Å². The van der Waals surface area contributed by atoms with Crippen LogP contribution < -0.4 is 0 Å². The molecule has 0 bridgehead atoms. The zero-order valence-corrected chi connectivity index (χ0v) is 23.8. The van der Waals surface area contributed by atoms with Gasteiger partial charge in [0.25, 0.3) is 0 Å². The van der Waals surface area contributed by atoms with Crippen LogP contribution in [0.5, 0.6) is 0 Å². The number of hydrogen-bond donors (Lipinski definition) is 0. The second-order valence-corrected chi connectivity index (χ2v) is 11.4. The van der Waals surface area contributed by atoms with Gasteiger partial charge in [-0.2, -0.15) is 0 Å². The largest absolute Gasteiger partial charge is 0.0885 e. The van der Waals surface area contributed by atoms with Crippen molar-refractivity contribution in [1.82, 2.24) is 0 Å². The van der Waals surface area contributed by atoms with Gasteiger partial charge in [-0.3, -0.25) is 0 Å². The Morgan fingerprint density at radius 1 is 0.364 bits per heavy atom. The van der Waals surface area contributed by atoms with Gasteiger partial charge in [0.1, 0.15) is 0 Å². The average Bonchev–Trinajstić information content (AvgIpc) is 2.80. The third-order valence-electron chi connectivity index (χ3n) is 7.29. The number of hydrogen-bond acceptors (Lipinski definition) is 0. The second kappa shape index (κ2) is 29.8. The Balaban J connectivity index is 3.04. The molecule has 0 aromatic carbocycles. The minimum atomic E-state index is 0.896. The average molecular weight is 463 g/mol. The van der Waals surface area contributed by atoms with Crippen LogP contribution in [-0.2, 0) is 0 Å². The maximum absolute atomic E-state index is 2.42. The normalized spacial score (nSPS) is 11.9. The molecule has 0 aliphatic carbocycles. The lowest BCUT2D eigenvalue weighted by Crippen LogP contribution is -1.87. The van der Waals surface area contributed by atoms with E-state index in [0.717, 1.165) is 5.92 Å². The summed E-state index contributed by atoms with van der Waals surface area (Å²) in [6.45, 7) is 6.98. The molecule has 0 heteroatoms. The van der Waals surface area contributed by atoms with Crippen LogP contribution in [0.25, 0.3) is 0 Å². The summed E-state index contributed by atoms with van der Waals surface area (Å²) in [7, 11) is 0. The Bertz CT molecular complexity index is 353. The first-order valence-corrected chi connectivity index (χ1v) is 15.9. The zero-order valence-electron chi connectivity index (χ0n) is 23.8. The van der Waals surface area contributed by atoms with Crippen molar-refractivity contribution in [3.63, 3.8) is 0 Å². The maximum Gasteiger partial charge on any atom is -0.0351 e. The van der Waals surface area contributed by atoms with Crippen LogP contribution in [0.1, 0.15) is 194 Å². The first-order valence-electron chi connectivity index (χ1n) is 15.9. The molecule has 0 aromatic rings. The Labute approximate surface area is 212 Å². The summed E-state index contributed by atoms with van der Waals surface area (Å²) in [5.74, 6) is 0.896. The SMILES string of the molecule is CCCCCC=CCCCCCCCCCCCCCCCCCCCCCCCC(C)C. The topological polar surface area (TPSA) is 0 Å². The fourth-order valence-electron chi connectivity index (χ4n) is 4.92. The van der Waals surface area contributed by atoms with Gasteiger partial charge in [-0.1, -0.05) is 181 Å². The Kier molecular flexibility index (Phi) is 29.5. The first kappa shape index (κ1) is 32.7. The Morgan fingerprint density at radius 2 is 0.636 bits per heavy atom. The van der Waals surface area contributed by atoms with E-state index in [2.05, 4.69) is 32.9 Å². The van der Waals surface area contributed by atoms with Crippen LogP contribution in [-0.4, -0.2) is 0 Å². The molecule has 0 unspecified atom stereocenters. The van der Waals surface area contributed by atoms with E-state index < -0.39 is 0 Å². The zero-order chi connectivity index (χ0) is 24.1. The molecule has 198 valence electrons. The van der Waals surface area contributed by atoms with Crippen molar-refractivity contribution >= 4 is 0 Å². The van der Waals surface area contributed by atoms with Gasteiger partial charge < -0.3 is 0 Å². The van der Waals surface area contributed by atoms with E-state index >= 15 is 0 Å². The van der Waals surface area contributed by atoms with Gasteiger partial charge in [-0.25, -0.2) is 0 Å². The maximum atomic E-state index is 2.42. The first-order chi connectivity index (χ1) is 16.3. The standard InChI is InChI=1S/C33H66/c1-4-5-6-7-8-9-10-11-12-13-14-15-16-17-18-19-20-21-22-23-24-25-26-27-28-29-30-31-32-33(2)3/h8-9,33H,4-7,10-32H2,1-3H3. The molecule has 0 saturated carbocycles. The quantitative estimate of drug-likeness (QED) is 0.0800. The van der Waals surface area contributed by atoms with Crippen molar-refractivity contribution < 1.29 is 0 Å². The molecule has 0 N–H and O–H groups in total. The van der Waals surface area contributed by atoms with Crippen LogP contribution in [0.4, 0.5) is 0 Å². The Hall–Kier alpha value is -0.260. The number of unbranched alkanes of at least 4 members (excludes halogenated alkanes) is 24. The van der Waals surface area contributed by atoms with Gasteiger partial charge in [0.15, 0.2) is 0 Å². The minimum Gasteiger partial charge on any atom is -0.0885 e. The van der Waals surface area contributed by atoms with E-state index in [-0.39, 0.29) is 0 Å². The van der Waals surface area contributed by atoms with E-state index in [1.807, 2.05) is 0 Å². The van der Waals surface area contributed by atoms with Gasteiger partial charge in [0.2, 0.25) is 0 Å². The number of rotatable bonds is 28. The molecule has 33 heavy (non-hydrogen) atoms. The van der Waals surface area contributed by atoms with Crippen LogP contribution in [0, 0.1) is 5.92 Å². The Morgan fingerprint density at radius 3 is 0.939 bits per heavy atom. The summed E-state index contributed by atoms with van der Waals surface area (Å²) in [6.07, 6.45) is 44.0. The van der Waals surface area contributed by atoms with Crippen LogP contribution in [0.15, 0.2) is 12.2 Å². The molecular weight excluding hydrogens is 396 g/mol. The third kappa shape index (κ3) is 31.7. The summed E-state index contributed by atoms with van der Waals surface area (Å²) < 4.78 is 0. The highest BCUT2D eigenvalue weighted by molar-refractivity contribution is 4.81. The van der Waals surface area contributed by atoms with Gasteiger partial charge >= 0.3 is 0 Å². The van der Waals surface area contributed by atoms with Gasteiger partial charge in [-0.05, 0) is 31.6 Å². The van der Waals surface area contributed by atoms with E-state index in [1.54, 1.807) is 0 Å². The van der Waals surface area contributed by atoms with Crippen molar-refractivity contribution in [2.24, 2.45) is 5.92 Å². The molecule has 0 nitrogen and oxygen atoms in total. The van der Waals surface area contributed by atoms with Crippen molar-refractivity contribution in [2.75, 3.05) is 0 Å². The van der Waals surface area contributed by atoms with Crippen LogP contribution in [0.3, 0.4) is 0 Å². The molecule has 0 heterocycles. The molecule has 0 spiro atoms. The second-order valence-electron chi connectivity index (χ2n) is 11.4. The predicted octanol–water partition coefficient (Wildman–Crippen LogP) is 12.8. The smallest absolute Gasteiger partial charge is 0.0351 e. The summed E-state index contributed by atoms with van der Waals surface area (Å²) in [4.78, 5) is 0. The summed E-state index contributed by atoms with van der Waals surface area (Å²) in [5, 5.41) is 0. The highest BCUT2D eigenvalue weighted by atomic mass is 14.0. The third-order valence-corrected chi connectivity index (χ3v) is 7.29. The lowest BCUT2D eigenvalue weighted by atomic mass is 10.0. The summed E-state index contributed by atoms with van der Waals surface area (Å²) in [6, 6.07) is 0. The minimum absolute atomic E-state index is 0.896. The van der Waals surface area contributed by atoms with E-state index in [0.29, 0.717) is 0 Å². The fourth-order valence-corrected chi connectivity index (χ4v) is 4.92. The highest BCUT2D eigenvalue weighted by Gasteiger charge is 1.97. The molecule has 0 aliphatic rings. The molecule has 0 fully saturated rings. The molecule has 0 amide bonds. The molecule has 0 radical (unpaired) electrons. The lowest BCUT2D eigenvalue weighted by molar-refractivity contribution is 0.500. The fraction of sp³-hybridized carbons (Fsp3) is 0.939. The summed E-state index contributed by atoms with van der Waals surface area (Å²) in [5.41, 5.74) is 0. The van der Waals surface area contributed by atoms with Gasteiger partial charge in [0.05, 0.1) is 0 Å². The predicted molar refractivity (Wildman–Crippen MR) is 154 cm³/mol. The van der Waals surface area contributed by atoms with E-state index in [1.165, 1.54) is 173 Å². The van der Waals surface area contributed by atoms with Crippen molar-refractivity contribution in [3.8, 4) is 0 Å². The van der Waals surface area contributed by atoms with Crippen LogP contribution >= 0.6 is 0 Å². The lowest BCUT2D eigenvalue weighted by Gasteiger charge is -2.05.